The number of nitrogens with one attached hydrogen (secondary N) is 1. The summed E-state index contributed by atoms with van der Waals surface area (Å²) >= 11 is 0. The standard InChI is InChI=1S/C10H16N4/c1-2-8(1)10-12-7-14(13-10)9-3-5-11-6-4-9/h7-9,11H,1-6H2. The Morgan fingerprint density at radius 1 is 1.21 bits per heavy atom. The van der Waals surface area contributed by atoms with Crippen molar-refractivity contribution in [2.45, 2.75) is 37.6 Å². The average Bonchev–Trinajstić information content (AvgIpc) is 2.98. The molecule has 0 atom stereocenters. The molecular formula is C10H16N4. The lowest BCUT2D eigenvalue weighted by Gasteiger charge is -2.22. The van der Waals surface area contributed by atoms with Gasteiger partial charge in [0.15, 0.2) is 5.82 Å². The van der Waals surface area contributed by atoms with Gasteiger partial charge in [0.1, 0.15) is 6.33 Å². The minimum absolute atomic E-state index is 0.580. The normalized spacial score (nSPS) is 24.0. The molecule has 1 aromatic rings. The predicted molar refractivity (Wildman–Crippen MR) is 53.1 cm³/mol. The molecular weight excluding hydrogens is 176 g/mol. The Balaban J connectivity index is 1.74. The Morgan fingerprint density at radius 2 is 2.00 bits per heavy atom. The van der Waals surface area contributed by atoms with E-state index in [2.05, 4.69) is 20.1 Å². The summed E-state index contributed by atoms with van der Waals surface area (Å²) < 4.78 is 2.08. The van der Waals surface area contributed by atoms with Crippen molar-refractivity contribution >= 4 is 0 Å². The molecule has 2 fully saturated rings. The molecule has 1 saturated heterocycles. The number of nitrogens with zero attached hydrogens (tertiary/aromatic N) is 3. The third-order valence-corrected chi connectivity index (χ3v) is 3.15. The van der Waals surface area contributed by atoms with Gasteiger partial charge in [-0.1, -0.05) is 0 Å². The largest absolute Gasteiger partial charge is 0.317 e. The van der Waals surface area contributed by atoms with E-state index in [-0.39, 0.29) is 0 Å². The minimum atomic E-state index is 0.580. The van der Waals surface area contributed by atoms with Gasteiger partial charge in [-0.2, -0.15) is 5.10 Å². The second kappa shape index (κ2) is 3.35. The minimum Gasteiger partial charge on any atom is -0.317 e. The fourth-order valence-corrected chi connectivity index (χ4v) is 2.06. The Kier molecular flexibility index (Phi) is 2.01. The van der Waals surface area contributed by atoms with Crippen molar-refractivity contribution in [1.82, 2.24) is 20.1 Å². The van der Waals surface area contributed by atoms with Crippen LogP contribution >= 0.6 is 0 Å². The maximum Gasteiger partial charge on any atom is 0.153 e. The Hall–Kier alpha value is -0.900. The Bertz CT molecular complexity index is 310. The summed E-state index contributed by atoms with van der Waals surface area (Å²) in [5.74, 6) is 1.75. The first kappa shape index (κ1) is 8.41. The van der Waals surface area contributed by atoms with Gasteiger partial charge in [0.05, 0.1) is 6.04 Å². The fraction of sp³-hybridized carbons (Fsp3) is 0.800. The van der Waals surface area contributed by atoms with Crippen LogP contribution in [0.4, 0.5) is 0 Å². The zero-order valence-corrected chi connectivity index (χ0v) is 8.32. The third-order valence-electron chi connectivity index (χ3n) is 3.15. The summed E-state index contributed by atoms with van der Waals surface area (Å²) in [6.45, 7) is 2.23. The van der Waals surface area contributed by atoms with Crippen molar-refractivity contribution in [3.8, 4) is 0 Å². The van der Waals surface area contributed by atoms with Gasteiger partial charge in [-0.25, -0.2) is 9.67 Å². The van der Waals surface area contributed by atoms with Gasteiger partial charge in [-0.15, -0.1) is 0 Å². The van der Waals surface area contributed by atoms with Crippen LogP contribution < -0.4 is 5.32 Å². The van der Waals surface area contributed by atoms with E-state index < -0.39 is 0 Å². The second-order valence-corrected chi connectivity index (χ2v) is 4.34. The molecule has 0 aromatic carbocycles. The van der Waals surface area contributed by atoms with Crippen molar-refractivity contribution in [3.63, 3.8) is 0 Å². The second-order valence-electron chi connectivity index (χ2n) is 4.34. The number of hydrogen-bond acceptors (Lipinski definition) is 3. The highest BCUT2D eigenvalue weighted by molar-refractivity contribution is 5.02. The predicted octanol–water partition coefficient (Wildman–Crippen LogP) is 1.08. The lowest BCUT2D eigenvalue weighted by molar-refractivity contribution is 0.341. The van der Waals surface area contributed by atoms with E-state index >= 15 is 0 Å². The van der Waals surface area contributed by atoms with E-state index in [1.165, 1.54) is 25.7 Å². The highest BCUT2D eigenvalue weighted by Gasteiger charge is 2.28. The fourth-order valence-electron chi connectivity index (χ4n) is 2.06. The van der Waals surface area contributed by atoms with Crippen molar-refractivity contribution in [2.75, 3.05) is 13.1 Å². The van der Waals surface area contributed by atoms with Gasteiger partial charge in [0.2, 0.25) is 0 Å². The molecule has 1 aliphatic heterocycles. The highest BCUT2D eigenvalue weighted by atomic mass is 15.3. The monoisotopic (exact) mass is 192 g/mol. The van der Waals surface area contributed by atoms with Crippen LogP contribution in [-0.4, -0.2) is 27.9 Å². The van der Waals surface area contributed by atoms with Crippen molar-refractivity contribution in [1.29, 1.82) is 0 Å². The first-order valence-electron chi connectivity index (χ1n) is 5.55. The molecule has 2 aliphatic rings. The van der Waals surface area contributed by atoms with Crippen LogP contribution in [0.1, 0.15) is 43.5 Å². The molecule has 1 aromatic heterocycles. The zero-order valence-electron chi connectivity index (χ0n) is 8.32. The van der Waals surface area contributed by atoms with Crippen LogP contribution in [0.3, 0.4) is 0 Å². The lowest BCUT2D eigenvalue weighted by atomic mass is 10.1. The molecule has 0 amide bonds. The van der Waals surface area contributed by atoms with E-state index in [0.717, 1.165) is 18.9 Å². The quantitative estimate of drug-likeness (QED) is 0.762. The number of piperidine rings is 1. The molecule has 14 heavy (non-hydrogen) atoms. The number of aromatic nitrogens is 3. The van der Waals surface area contributed by atoms with Crippen LogP contribution in [0.5, 0.6) is 0 Å². The smallest absolute Gasteiger partial charge is 0.153 e. The zero-order chi connectivity index (χ0) is 9.38. The Morgan fingerprint density at radius 3 is 2.71 bits per heavy atom. The molecule has 4 heteroatoms. The van der Waals surface area contributed by atoms with Crippen molar-refractivity contribution in [3.05, 3.63) is 12.2 Å². The van der Waals surface area contributed by atoms with Crippen molar-refractivity contribution < 1.29 is 0 Å². The van der Waals surface area contributed by atoms with Gasteiger partial charge >= 0.3 is 0 Å². The SMILES string of the molecule is c1nc(C2CC2)nn1C1CCNCC1. The third kappa shape index (κ3) is 1.54. The summed E-state index contributed by atoms with van der Waals surface area (Å²) in [5, 5.41) is 7.94. The highest BCUT2D eigenvalue weighted by Crippen LogP contribution is 2.38. The van der Waals surface area contributed by atoms with E-state index in [0.29, 0.717) is 12.0 Å². The van der Waals surface area contributed by atoms with Gasteiger partial charge in [0.25, 0.3) is 0 Å². The van der Waals surface area contributed by atoms with Crippen LogP contribution in [0.2, 0.25) is 0 Å². The first-order chi connectivity index (χ1) is 6.93. The topological polar surface area (TPSA) is 42.7 Å². The molecule has 1 aliphatic carbocycles. The molecule has 2 heterocycles. The van der Waals surface area contributed by atoms with Crippen LogP contribution in [0, 0.1) is 0 Å². The van der Waals surface area contributed by atoms with Gasteiger partial charge < -0.3 is 5.32 Å². The molecule has 4 nitrogen and oxygen atoms in total. The summed E-state index contributed by atoms with van der Waals surface area (Å²) in [4.78, 5) is 4.38. The molecule has 3 rings (SSSR count). The van der Waals surface area contributed by atoms with Crippen LogP contribution in [0.25, 0.3) is 0 Å². The molecule has 76 valence electrons. The number of hydrogen-bond donors (Lipinski definition) is 1. The summed E-state index contributed by atoms with van der Waals surface area (Å²) in [6, 6.07) is 0.580. The Labute approximate surface area is 83.7 Å². The maximum atomic E-state index is 4.57. The molecule has 1 N–H and O–H groups in total. The van der Waals surface area contributed by atoms with Crippen molar-refractivity contribution in [2.24, 2.45) is 0 Å². The van der Waals surface area contributed by atoms with E-state index in [1.54, 1.807) is 0 Å². The van der Waals surface area contributed by atoms with Gasteiger partial charge in [0, 0.05) is 5.92 Å². The summed E-state index contributed by atoms with van der Waals surface area (Å²) in [5.41, 5.74) is 0. The molecule has 0 bridgehead atoms. The first-order valence-corrected chi connectivity index (χ1v) is 5.55. The molecule has 0 unspecified atom stereocenters. The van der Waals surface area contributed by atoms with Crippen LogP contribution in [-0.2, 0) is 0 Å². The molecule has 0 spiro atoms. The van der Waals surface area contributed by atoms with E-state index in [4.69, 9.17) is 0 Å². The summed E-state index contributed by atoms with van der Waals surface area (Å²) in [7, 11) is 0. The van der Waals surface area contributed by atoms with E-state index in [1.807, 2.05) is 6.33 Å². The van der Waals surface area contributed by atoms with Crippen LogP contribution in [0.15, 0.2) is 6.33 Å². The van der Waals surface area contributed by atoms with Gasteiger partial charge in [-0.3, -0.25) is 0 Å². The molecule has 1 saturated carbocycles. The number of rotatable bonds is 2. The molecule has 0 radical (unpaired) electrons. The summed E-state index contributed by atoms with van der Waals surface area (Å²) in [6.07, 6.45) is 6.87. The van der Waals surface area contributed by atoms with E-state index in [9.17, 15) is 0 Å². The lowest BCUT2D eigenvalue weighted by Crippen LogP contribution is -2.29. The van der Waals surface area contributed by atoms with Gasteiger partial charge in [-0.05, 0) is 38.8 Å². The average molecular weight is 192 g/mol. The maximum absolute atomic E-state index is 4.57.